The van der Waals surface area contributed by atoms with Gasteiger partial charge in [0.05, 0.1) is 11.5 Å². The van der Waals surface area contributed by atoms with E-state index in [9.17, 15) is 32.4 Å². The number of carbonyl (C=O) groups excluding carboxylic acids is 1. The van der Waals surface area contributed by atoms with E-state index in [1.807, 2.05) is 24.3 Å². The Labute approximate surface area is 268 Å². The SMILES string of the molecule is O=C(Nc1ccc2cc(CN(C3CCS(O)(O)CC3)S(=O)(=O)c3ccccc3[N+](=O)[O-])ccc2c1)c1ccc(OCC2CC2)cc1. The fourth-order valence-electron chi connectivity index (χ4n) is 5.60. The Kier molecular flexibility index (Phi) is 9.03. The largest absolute Gasteiger partial charge is 0.493 e. The molecule has 4 aromatic carbocycles. The Morgan fingerprint density at radius 1 is 0.935 bits per heavy atom. The molecule has 0 aromatic heterocycles. The average Bonchev–Trinajstić information content (AvgIpc) is 3.88. The quantitative estimate of drug-likeness (QED) is 0.115. The molecular weight excluding hydrogens is 631 g/mol. The van der Waals surface area contributed by atoms with Crippen molar-refractivity contribution in [1.29, 1.82) is 0 Å². The van der Waals surface area contributed by atoms with Crippen molar-refractivity contribution in [2.24, 2.45) is 5.92 Å². The Hall–Kier alpha value is -4.01. The summed E-state index contributed by atoms with van der Waals surface area (Å²) in [5, 5.41) is 16.3. The maximum absolute atomic E-state index is 14.0. The highest BCUT2D eigenvalue weighted by Crippen LogP contribution is 2.46. The molecule has 4 aromatic rings. The number of ether oxygens (including phenoxy) is 1. The van der Waals surface area contributed by atoms with Crippen LogP contribution < -0.4 is 10.1 Å². The second-order valence-corrected chi connectivity index (χ2v) is 16.1. The lowest BCUT2D eigenvalue weighted by molar-refractivity contribution is -0.387. The van der Waals surface area contributed by atoms with Crippen molar-refractivity contribution in [3.63, 3.8) is 0 Å². The van der Waals surface area contributed by atoms with Gasteiger partial charge in [0.2, 0.25) is 10.0 Å². The molecule has 0 atom stereocenters. The monoisotopic (exact) mass is 665 g/mol. The van der Waals surface area contributed by atoms with Gasteiger partial charge in [-0.05, 0) is 96.5 Å². The maximum Gasteiger partial charge on any atom is 0.289 e. The van der Waals surface area contributed by atoms with E-state index in [0.717, 1.165) is 22.6 Å². The van der Waals surface area contributed by atoms with Crippen LogP contribution in [0.15, 0.2) is 89.8 Å². The van der Waals surface area contributed by atoms with Gasteiger partial charge in [0, 0.05) is 41.4 Å². The molecule has 1 heterocycles. The van der Waals surface area contributed by atoms with Crippen molar-refractivity contribution in [1.82, 2.24) is 4.31 Å². The van der Waals surface area contributed by atoms with Gasteiger partial charge in [-0.15, -0.1) is 0 Å². The smallest absolute Gasteiger partial charge is 0.289 e. The lowest BCUT2D eigenvalue weighted by Crippen LogP contribution is -2.43. The number of hydrogen-bond donors (Lipinski definition) is 3. The highest BCUT2D eigenvalue weighted by molar-refractivity contribution is 8.24. The molecule has 2 fully saturated rings. The van der Waals surface area contributed by atoms with Gasteiger partial charge in [0.1, 0.15) is 5.75 Å². The van der Waals surface area contributed by atoms with Crippen LogP contribution in [-0.2, 0) is 16.6 Å². The number of nitro groups is 1. The van der Waals surface area contributed by atoms with Crippen molar-refractivity contribution in [3.8, 4) is 5.75 Å². The summed E-state index contributed by atoms with van der Waals surface area (Å²) in [5.74, 6) is 1.23. The van der Waals surface area contributed by atoms with E-state index in [4.69, 9.17) is 4.74 Å². The van der Waals surface area contributed by atoms with Gasteiger partial charge in [-0.3, -0.25) is 24.0 Å². The summed E-state index contributed by atoms with van der Waals surface area (Å²) in [6.07, 6.45) is 2.84. The molecule has 0 bridgehead atoms. The lowest BCUT2D eigenvalue weighted by atomic mass is 10.1. The van der Waals surface area contributed by atoms with Crippen molar-refractivity contribution in [2.45, 2.75) is 43.2 Å². The number of benzene rings is 4. The Balaban J connectivity index is 1.21. The standard InChI is InChI=1S/C33H35N3O8S2/c37-33(25-10-13-30(14-11-25)44-22-23-5-6-23)34-28-12-9-26-19-24(7-8-27(26)20-28)21-35(29-15-17-45(40,41)18-16-29)46(42,43)32-4-2-1-3-31(32)36(38)39/h1-4,7-14,19-20,23,29,40-41H,5-6,15-18,21-22H2,(H,34,37). The summed E-state index contributed by atoms with van der Waals surface area (Å²) in [6, 6.07) is 22.6. The summed E-state index contributed by atoms with van der Waals surface area (Å²) in [6.45, 7) is 0.635. The summed E-state index contributed by atoms with van der Waals surface area (Å²) >= 11 is 0. The number of nitrogens with one attached hydrogen (secondary N) is 1. The molecule has 6 rings (SSSR count). The number of amides is 1. The molecule has 46 heavy (non-hydrogen) atoms. The molecule has 0 radical (unpaired) electrons. The number of nitrogens with zero attached hydrogens (tertiary/aromatic N) is 2. The predicted octanol–water partition coefficient (Wildman–Crippen LogP) is 6.89. The van der Waals surface area contributed by atoms with E-state index in [2.05, 4.69) is 5.32 Å². The second kappa shape index (κ2) is 13.0. The average molecular weight is 666 g/mol. The van der Waals surface area contributed by atoms with Crippen molar-refractivity contribution in [3.05, 3.63) is 106 Å². The van der Waals surface area contributed by atoms with Gasteiger partial charge in [0.25, 0.3) is 11.6 Å². The first kappa shape index (κ1) is 32.0. The topological polar surface area (TPSA) is 159 Å². The summed E-state index contributed by atoms with van der Waals surface area (Å²) in [7, 11) is -7.12. The molecule has 11 nitrogen and oxygen atoms in total. The van der Waals surface area contributed by atoms with E-state index in [1.54, 1.807) is 36.4 Å². The molecule has 1 amide bonds. The maximum atomic E-state index is 14.0. The lowest BCUT2D eigenvalue weighted by Gasteiger charge is -2.42. The van der Waals surface area contributed by atoms with E-state index in [-0.39, 0.29) is 36.8 Å². The van der Waals surface area contributed by atoms with Crippen LogP contribution in [0.5, 0.6) is 5.75 Å². The third-order valence-corrected chi connectivity index (χ3v) is 12.1. The Morgan fingerprint density at radius 2 is 1.61 bits per heavy atom. The number of anilines is 1. The van der Waals surface area contributed by atoms with Crippen LogP contribution in [0.4, 0.5) is 11.4 Å². The first-order chi connectivity index (χ1) is 22.0. The zero-order chi connectivity index (χ0) is 32.5. The second-order valence-electron chi connectivity index (χ2n) is 11.8. The third-order valence-electron chi connectivity index (χ3n) is 8.41. The van der Waals surface area contributed by atoms with Crippen LogP contribution in [0, 0.1) is 16.0 Å². The highest BCUT2D eigenvalue weighted by Gasteiger charge is 2.38. The summed E-state index contributed by atoms with van der Waals surface area (Å²) < 4.78 is 55.3. The van der Waals surface area contributed by atoms with Crippen LogP contribution in [0.2, 0.25) is 0 Å². The molecule has 0 unspecified atom stereocenters. The van der Waals surface area contributed by atoms with Crippen LogP contribution in [0.3, 0.4) is 0 Å². The molecule has 2 aliphatic rings. The van der Waals surface area contributed by atoms with Crippen LogP contribution in [0.1, 0.15) is 41.6 Å². The minimum atomic E-state index is -4.34. The predicted molar refractivity (Wildman–Crippen MR) is 178 cm³/mol. The number of hydrogen-bond acceptors (Lipinski definition) is 8. The number of nitro benzene ring substituents is 1. The number of para-hydroxylation sites is 1. The number of rotatable bonds is 11. The number of sulfonamides is 1. The number of fused-ring (bicyclic) bond motifs is 1. The first-order valence-electron chi connectivity index (χ1n) is 15.0. The minimum absolute atomic E-state index is 0.0606. The van der Waals surface area contributed by atoms with E-state index < -0.39 is 42.2 Å². The Bertz CT molecular complexity index is 1870. The van der Waals surface area contributed by atoms with Crippen LogP contribution in [-0.4, -0.2) is 56.8 Å². The van der Waals surface area contributed by atoms with Crippen molar-refractivity contribution < 1.29 is 32.0 Å². The van der Waals surface area contributed by atoms with Crippen LogP contribution in [0.25, 0.3) is 10.8 Å². The molecule has 1 saturated heterocycles. The molecule has 13 heteroatoms. The van der Waals surface area contributed by atoms with E-state index >= 15 is 0 Å². The zero-order valence-electron chi connectivity index (χ0n) is 24.9. The zero-order valence-corrected chi connectivity index (χ0v) is 26.6. The minimum Gasteiger partial charge on any atom is -0.493 e. The number of carbonyl (C=O) groups is 1. The molecule has 3 N–H and O–H groups in total. The molecule has 242 valence electrons. The molecule has 1 saturated carbocycles. The third kappa shape index (κ3) is 7.34. The van der Waals surface area contributed by atoms with Gasteiger partial charge in [-0.25, -0.2) is 8.42 Å². The molecule has 1 aliphatic carbocycles. The normalized spacial score (nSPS) is 17.5. The van der Waals surface area contributed by atoms with Gasteiger partial charge in [-0.1, -0.05) is 30.3 Å². The van der Waals surface area contributed by atoms with Crippen molar-refractivity contribution in [2.75, 3.05) is 23.4 Å². The van der Waals surface area contributed by atoms with Gasteiger partial charge < -0.3 is 10.1 Å². The molecule has 1 aliphatic heterocycles. The van der Waals surface area contributed by atoms with Gasteiger partial charge in [-0.2, -0.15) is 14.9 Å². The summed E-state index contributed by atoms with van der Waals surface area (Å²) in [5.41, 5.74) is 1.24. The molecule has 0 spiro atoms. The van der Waals surface area contributed by atoms with E-state index in [0.29, 0.717) is 29.3 Å². The van der Waals surface area contributed by atoms with E-state index in [1.165, 1.54) is 35.3 Å². The summed E-state index contributed by atoms with van der Waals surface area (Å²) in [4.78, 5) is 23.5. The van der Waals surface area contributed by atoms with Gasteiger partial charge >= 0.3 is 0 Å². The van der Waals surface area contributed by atoms with Crippen LogP contribution >= 0.6 is 10.6 Å². The van der Waals surface area contributed by atoms with Crippen molar-refractivity contribution >= 4 is 48.7 Å². The first-order valence-corrected chi connectivity index (χ1v) is 18.4. The van der Waals surface area contributed by atoms with Gasteiger partial charge in [0.15, 0.2) is 4.90 Å². The fourth-order valence-corrected chi connectivity index (χ4v) is 8.94. The Morgan fingerprint density at radius 3 is 2.30 bits per heavy atom. The fraction of sp³-hybridized carbons (Fsp3) is 0.303. The molecular formula is C33H35N3O8S2. The highest BCUT2D eigenvalue weighted by atomic mass is 32.3.